The molecule has 0 radical (unpaired) electrons. The van der Waals surface area contributed by atoms with E-state index < -0.39 is 0 Å². The number of rotatable bonds is 7. The summed E-state index contributed by atoms with van der Waals surface area (Å²) in [6.07, 6.45) is 1.79. The molecule has 7 nitrogen and oxygen atoms in total. The zero-order valence-electron chi connectivity index (χ0n) is 15.3. The zero-order chi connectivity index (χ0) is 17.2. The Labute approximate surface area is 167 Å². The lowest BCUT2D eigenvalue weighted by atomic mass is 10.2. The van der Waals surface area contributed by atoms with Gasteiger partial charge in [0, 0.05) is 44.5 Å². The maximum atomic E-state index is 5.41. The standard InChI is InChI=1S/C17H29N5O2.HI/c1-4-18-17(20-11-14(2)22-7-9-24-10-8-22)21-13-15-5-6-16(23-3)19-12-15;/h5-6,12,14H,4,7-11,13H2,1-3H3,(H2,18,20,21);1H. The maximum Gasteiger partial charge on any atom is 0.212 e. The summed E-state index contributed by atoms with van der Waals surface area (Å²) in [4.78, 5) is 11.3. The molecule has 8 heteroatoms. The molecular formula is C17H30IN5O2. The summed E-state index contributed by atoms with van der Waals surface area (Å²) >= 11 is 0. The van der Waals surface area contributed by atoms with E-state index in [9.17, 15) is 0 Å². The Balaban J connectivity index is 0.00000312. The molecule has 0 spiro atoms. The molecule has 1 aliphatic heterocycles. The second-order valence-electron chi connectivity index (χ2n) is 5.78. The molecular weight excluding hydrogens is 433 g/mol. The number of nitrogens with zero attached hydrogens (tertiary/aromatic N) is 3. The third kappa shape index (κ3) is 7.74. The number of aliphatic imine (C=N–C) groups is 1. The SMILES string of the molecule is CCNC(=NCc1ccc(OC)nc1)NCC(C)N1CCOCC1.I. The molecule has 0 amide bonds. The molecule has 0 saturated carbocycles. The van der Waals surface area contributed by atoms with Gasteiger partial charge >= 0.3 is 0 Å². The molecule has 1 saturated heterocycles. The smallest absolute Gasteiger partial charge is 0.212 e. The topological polar surface area (TPSA) is 71.0 Å². The summed E-state index contributed by atoms with van der Waals surface area (Å²) in [5, 5.41) is 6.71. The third-order valence-corrected chi connectivity index (χ3v) is 4.00. The van der Waals surface area contributed by atoms with Crippen LogP contribution in [0.15, 0.2) is 23.3 Å². The summed E-state index contributed by atoms with van der Waals surface area (Å²) in [5.41, 5.74) is 1.05. The van der Waals surface area contributed by atoms with E-state index in [4.69, 9.17) is 9.47 Å². The van der Waals surface area contributed by atoms with Crippen LogP contribution in [0, 0.1) is 0 Å². The van der Waals surface area contributed by atoms with E-state index in [1.54, 1.807) is 13.3 Å². The molecule has 1 fully saturated rings. The van der Waals surface area contributed by atoms with Crippen molar-refractivity contribution in [2.24, 2.45) is 4.99 Å². The molecule has 0 aromatic carbocycles. The van der Waals surface area contributed by atoms with Crippen LogP contribution in [0.25, 0.3) is 0 Å². The first kappa shape index (κ1) is 21.9. The minimum Gasteiger partial charge on any atom is -0.481 e. The Hall–Kier alpha value is -1.13. The molecule has 1 aromatic rings. The van der Waals surface area contributed by atoms with E-state index in [0.717, 1.165) is 50.9 Å². The van der Waals surface area contributed by atoms with Crippen molar-refractivity contribution < 1.29 is 9.47 Å². The molecule has 1 aromatic heterocycles. The number of hydrogen-bond donors (Lipinski definition) is 2. The van der Waals surface area contributed by atoms with Crippen LogP contribution in [0.1, 0.15) is 19.4 Å². The number of nitrogens with one attached hydrogen (secondary N) is 2. The van der Waals surface area contributed by atoms with E-state index in [2.05, 4.69) is 39.4 Å². The van der Waals surface area contributed by atoms with Gasteiger partial charge in [0.25, 0.3) is 0 Å². The molecule has 2 N–H and O–H groups in total. The quantitative estimate of drug-likeness (QED) is 0.363. The van der Waals surface area contributed by atoms with Gasteiger partial charge in [-0.05, 0) is 19.4 Å². The average Bonchev–Trinajstić information content (AvgIpc) is 2.65. The minimum absolute atomic E-state index is 0. The summed E-state index contributed by atoms with van der Waals surface area (Å²) in [6, 6.07) is 4.28. The van der Waals surface area contributed by atoms with Gasteiger partial charge in [0.2, 0.25) is 5.88 Å². The lowest BCUT2D eigenvalue weighted by Crippen LogP contribution is -2.49. The highest BCUT2D eigenvalue weighted by Gasteiger charge is 2.16. The summed E-state index contributed by atoms with van der Waals surface area (Å²) < 4.78 is 10.5. The number of halogens is 1. The van der Waals surface area contributed by atoms with E-state index in [0.29, 0.717) is 18.5 Å². The highest BCUT2D eigenvalue weighted by molar-refractivity contribution is 14.0. The van der Waals surface area contributed by atoms with Crippen LogP contribution in [0.5, 0.6) is 5.88 Å². The fourth-order valence-corrected chi connectivity index (χ4v) is 2.53. The lowest BCUT2D eigenvalue weighted by Gasteiger charge is -2.32. The van der Waals surface area contributed by atoms with Gasteiger partial charge < -0.3 is 20.1 Å². The number of ether oxygens (including phenoxy) is 2. The number of morpholine rings is 1. The number of pyridine rings is 1. The number of hydrogen-bond acceptors (Lipinski definition) is 5. The van der Waals surface area contributed by atoms with Crippen molar-refractivity contribution >= 4 is 29.9 Å². The Morgan fingerprint density at radius 3 is 2.72 bits per heavy atom. The third-order valence-electron chi connectivity index (χ3n) is 4.00. The fraction of sp³-hybridized carbons (Fsp3) is 0.647. The van der Waals surface area contributed by atoms with Crippen molar-refractivity contribution in [2.45, 2.75) is 26.4 Å². The van der Waals surface area contributed by atoms with Crippen LogP contribution in [0.3, 0.4) is 0 Å². The van der Waals surface area contributed by atoms with E-state index in [1.165, 1.54) is 0 Å². The molecule has 2 heterocycles. The largest absolute Gasteiger partial charge is 0.481 e. The van der Waals surface area contributed by atoms with Gasteiger partial charge in [0.1, 0.15) is 0 Å². The van der Waals surface area contributed by atoms with Crippen LogP contribution in [-0.4, -0.2) is 68.4 Å². The number of methoxy groups -OCH3 is 1. The Morgan fingerprint density at radius 1 is 1.36 bits per heavy atom. The van der Waals surface area contributed by atoms with Crippen LogP contribution in [0.4, 0.5) is 0 Å². The van der Waals surface area contributed by atoms with Gasteiger partial charge in [0.15, 0.2) is 5.96 Å². The molecule has 1 atom stereocenters. The first-order valence-electron chi connectivity index (χ1n) is 8.55. The number of guanidine groups is 1. The van der Waals surface area contributed by atoms with E-state index in [1.807, 2.05) is 12.1 Å². The van der Waals surface area contributed by atoms with Gasteiger partial charge in [-0.25, -0.2) is 9.98 Å². The molecule has 2 rings (SSSR count). The lowest BCUT2D eigenvalue weighted by molar-refractivity contribution is 0.0211. The zero-order valence-corrected chi connectivity index (χ0v) is 17.7. The van der Waals surface area contributed by atoms with Gasteiger partial charge in [0.05, 0.1) is 26.9 Å². The molecule has 0 bridgehead atoms. The summed E-state index contributed by atoms with van der Waals surface area (Å²) in [6.45, 7) is 10.2. The van der Waals surface area contributed by atoms with Crippen LogP contribution in [0.2, 0.25) is 0 Å². The van der Waals surface area contributed by atoms with Crippen molar-refractivity contribution in [3.63, 3.8) is 0 Å². The molecule has 1 unspecified atom stereocenters. The molecule has 0 aliphatic carbocycles. The molecule has 1 aliphatic rings. The predicted molar refractivity (Wildman–Crippen MR) is 111 cm³/mol. The van der Waals surface area contributed by atoms with Gasteiger partial charge in [-0.3, -0.25) is 4.90 Å². The van der Waals surface area contributed by atoms with Gasteiger partial charge in [-0.15, -0.1) is 24.0 Å². The second-order valence-corrected chi connectivity index (χ2v) is 5.78. The van der Waals surface area contributed by atoms with Crippen molar-refractivity contribution in [1.29, 1.82) is 0 Å². The Kier molecular flexibility index (Phi) is 10.7. The first-order chi connectivity index (χ1) is 11.7. The predicted octanol–water partition coefficient (Wildman–Crippen LogP) is 1.48. The van der Waals surface area contributed by atoms with Gasteiger partial charge in [-0.2, -0.15) is 0 Å². The molecule has 25 heavy (non-hydrogen) atoms. The Bertz CT molecular complexity index is 506. The highest BCUT2D eigenvalue weighted by atomic mass is 127. The van der Waals surface area contributed by atoms with Crippen molar-refractivity contribution in [3.8, 4) is 5.88 Å². The van der Waals surface area contributed by atoms with Crippen molar-refractivity contribution in [1.82, 2.24) is 20.5 Å². The highest BCUT2D eigenvalue weighted by Crippen LogP contribution is 2.07. The number of aromatic nitrogens is 1. The van der Waals surface area contributed by atoms with Crippen molar-refractivity contribution in [2.75, 3.05) is 46.5 Å². The van der Waals surface area contributed by atoms with Crippen LogP contribution < -0.4 is 15.4 Å². The molecule has 142 valence electrons. The monoisotopic (exact) mass is 463 g/mol. The normalized spacial score (nSPS) is 16.7. The van der Waals surface area contributed by atoms with E-state index in [-0.39, 0.29) is 24.0 Å². The fourth-order valence-electron chi connectivity index (χ4n) is 2.53. The van der Waals surface area contributed by atoms with Gasteiger partial charge in [-0.1, -0.05) is 6.07 Å². The Morgan fingerprint density at radius 2 is 2.12 bits per heavy atom. The first-order valence-corrected chi connectivity index (χ1v) is 8.55. The summed E-state index contributed by atoms with van der Waals surface area (Å²) in [7, 11) is 1.61. The van der Waals surface area contributed by atoms with E-state index >= 15 is 0 Å². The van der Waals surface area contributed by atoms with Crippen LogP contribution in [-0.2, 0) is 11.3 Å². The van der Waals surface area contributed by atoms with Crippen molar-refractivity contribution in [3.05, 3.63) is 23.9 Å². The second kappa shape index (κ2) is 12.3. The maximum absolute atomic E-state index is 5.41. The van der Waals surface area contributed by atoms with Crippen LogP contribution >= 0.6 is 24.0 Å². The minimum atomic E-state index is 0. The summed E-state index contributed by atoms with van der Waals surface area (Å²) in [5.74, 6) is 1.44. The average molecular weight is 463 g/mol.